The summed E-state index contributed by atoms with van der Waals surface area (Å²) in [4.78, 5) is 15.5. The van der Waals surface area contributed by atoms with E-state index in [2.05, 4.69) is 55.2 Å². The molecule has 1 aromatic heterocycles. The standard InChI is InChI=1S/C31H37NO2/c1-18(33)34-21-12-14-30(2)20(16-21)9-10-23-25(30)13-15-31(3)26(23)17-24-28-22-7-5-4-6-19(22)8-11-27(28)32-29(24)31/h4-8,11,20-21,23,25-26,32H,9-10,12-17H2,1-3H3/t20-,21-,23+,25-,26-,30-,31-/m0/s1. The Hall–Kier alpha value is -2.29. The zero-order chi connectivity index (χ0) is 23.2. The molecule has 3 aromatic rings. The van der Waals surface area contributed by atoms with Gasteiger partial charge in [0.1, 0.15) is 6.10 Å². The summed E-state index contributed by atoms with van der Waals surface area (Å²) >= 11 is 0. The van der Waals surface area contributed by atoms with E-state index < -0.39 is 0 Å². The number of hydrogen-bond donors (Lipinski definition) is 1. The number of hydrogen-bond acceptors (Lipinski definition) is 2. The van der Waals surface area contributed by atoms with Gasteiger partial charge < -0.3 is 9.72 Å². The van der Waals surface area contributed by atoms with Gasteiger partial charge in [-0.1, -0.05) is 44.2 Å². The highest BCUT2D eigenvalue weighted by Crippen LogP contribution is 2.66. The third-order valence-corrected chi connectivity index (χ3v) is 11.1. The van der Waals surface area contributed by atoms with Crippen LogP contribution in [-0.4, -0.2) is 17.1 Å². The lowest BCUT2D eigenvalue weighted by Gasteiger charge is -2.60. The highest BCUT2D eigenvalue weighted by atomic mass is 16.5. The number of nitrogens with one attached hydrogen (secondary N) is 1. The number of carbonyl (C=O) groups is 1. The number of H-pyrrole nitrogens is 1. The molecule has 2 aromatic carbocycles. The zero-order valence-corrected chi connectivity index (χ0v) is 20.8. The van der Waals surface area contributed by atoms with Crippen LogP contribution in [0.25, 0.3) is 21.7 Å². The Morgan fingerprint density at radius 3 is 2.71 bits per heavy atom. The normalized spacial score (nSPS) is 38.7. The van der Waals surface area contributed by atoms with Gasteiger partial charge in [-0.05, 0) is 103 Å². The summed E-state index contributed by atoms with van der Waals surface area (Å²) in [5.74, 6) is 2.98. The van der Waals surface area contributed by atoms with Crippen molar-refractivity contribution >= 4 is 27.6 Å². The average Bonchev–Trinajstić information content (AvgIpc) is 3.33. The minimum absolute atomic E-state index is 0.109. The predicted octanol–water partition coefficient (Wildman–Crippen LogP) is 7.31. The molecule has 4 aliphatic rings. The summed E-state index contributed by atoms with van der Waals surface area (Å²) in [5.41, 5.74) is 5.17. The van der Waals surface area contributed by atoms with Gasteiger partial charge in [-0.15, -0.1) is 0 Å². The molecule has 34 heavy (non-hydrogen) atoms. The lowest BCUT2D eigenvalue weighted by Crippen LogP contribution is -2.54. The molecule has 3 nitrogen and oxygen atoms in total. The van der Waals surface area contributed by atoms with E-state index in [1.165, 1.54) is 60.2 Å². The van der Waals surface area contributed by atoms with Crippen molar-refractivity contribution in [3.63, 3.8) is 0 Å². The summed E-state index contributed by atoms with van der Waals surface area (Å²) in [5, 5.41) is 4.25. The van der Waals surface area contributed by atoms with E-state index in [4.69, 9.17) is 4.74 Å². The van der Waals surface area contributed by atoms with Gasteiger partial charge in [0.25, 0.3) is 0 Å². The van der Waals surface area contributed by atoms with Crippen molar-refractivity contribution in [3.05, 3.63) is 47.7 Å². The van der Waals surface area contributed by atoms with Gasteiger partial charge >= 0.3 is 5.97 Å². The minimum atomic E-state index is -0.109. The van der Waals surface area contributed by atoms with E-state index in [1.807, 2.05) is 0 Å². The number of fused-ring (bicyclic) bond motifs is 11. The van der Waals surface area contributed by atoms with Crippen LogP contribution in [0.3, 0.4) is 0 Å². The number of ether oxygens (including phenoxy) is 1. The van der Waals surface area contributed by atoms with E-state index in [0.717, 1.165) is 30.6 Å². The molecule has 1 N–H and O–H groups in total. The summed E-state index contributed by atoms with van der Waals surface area (Å²) in [6.07, 6.45) is 10.0. The summed E-state index contributed by atoms with van der Waals surface area (Å²) in [7, 11) is 0. The first-order valence-electron chi connectivity index (χ1n) is 13.6. The molecule has 0 saturated heterocycles. The van der Waals surface area contributed by atoms with Crippen molar-refractivity contribution in [2.45, 2.75) is 83.7 Å². The van der Waals surface area contributed by atoms with Crippen LogP contribution in [0, 0.1) is 29.1 Å². The first-order valence-corrected chi connectivity index (χ1v) is 13.6. The van der Waals surface area contributed by atoms with E-state index in [1.54, 1.807) is 18.2 Å². The molecule has 3 fully saturated rings. The highest BCUT2D eigenvalue weighted by Gasteiger charge is 2.60. The Labute approximate surface area is 202 Å². The molecule has 0 amide bonds. The van der Waals surface area contributed by atoms with Gasteiger partial charge in [0.05, 0.1) is 0 Å². The third-order valence-electron chi connectivity index (χ3n) is 11.1. The Morgan fingerprint density at radius 2 is 1.85 bits per heavy atom. The van der Waals surface area contributed by atoms with Crippen LogP contribution in [-0.2, 0) is 21.4 Å². The lowest BCUT2D eigenvalue weighted by atomic mass is 9.45. The third kappa shape index (κ3) is 2.73. The molecule has 7 rings (SSSR count). The van der Waals surface area contributed by atoms with Crippen molar-refractivity contribution in [1.29, 1.82) is 0 Å². The van der Waals surface area contributed by atoms with Gasteiger partial charge in [-0.2, -0.15) is 0 Å². The Balaban J connectivity index is 1.24. The van der Waals surface area contributed by atoms with Crippen LogP contribution in [0.2, 0.25) is 0 Å². The number of benzene rings is 2. The maximum Gasteiger partial charge on any atom is 0.302 e. The van der Waals surface area contributed by atoms with Crippen molar-refractivity contribution in [2.24, 2.45) is 29.1 Å². The highest BCUT2D eigenvalue weighted by molar-refractivity contribution is 6.09. The first kappa shape index (κ1) is 21.0. The molecule has 3 heteroatoms. The maximum absolute atomic E-state index is 11.6. The quantitative estimate of drug-likeness (QED) is 0.391. The lowest BCUT2D eigenvalue weighted by molar-refractivity contribution is -0.157. The van der Waals surface area contributed by atoms with Crippen molar-refractivity contribution in [3.8, 4) is 0 Å². The Kier molecular flexibility index (Phi) is 4.40. The van der Waals surface area contributed by atoms with Crippen LogP contribution in [0.1, 0.15) is 77.0 Å². The first-order chi connectivity index (χ1) is 16.4. The van der Waals surface area contributed by atoms with Crippen LogP contribution in [0.15, 0.2) is 36.4 Å². The zero-order valence-electron chi connectivity index (χ0n) is 20.8. The summed E-state index contributed by atoms with van der Waals surface area (Å²) in [6.45, 7) is 6.73. The largest absolute Gasteiger partial charge is 0.463 e. The second-order valence-corrected chi connectivity index (χ2v) is 12.5. The monoisotopic (exact) mass is 455 g/mol. The van der Waals surface area contributed by atoms with E-state index in [0.29, 0.717) is 11.3 Å². The van der Waals surface area contributed by atoms with Gasteiger partial charge in [0.2, 0.25) is 0 Å². The number of rotatable bonds is 1. The van der Waals surface area contributed by atoms with Gasteiger partial charge in [-0.3, -0.25) is 4.79 Å². The molecular formula is C31H37NO2. The van der Waals surface area contributed by atoms with Gasteiger partial charge in [0, 0.05) is 28.9 Å². The fourth-order valence-corrected chi connectivity index (χ4v) is 9.52. The molecule has 0 radical (unpaired) electrons. The topological polar surface area (TPSA) is 42.1 Å². The molecule has 0 aliphatic heterocycles. The minimum Gasteiger partial charge on any atom is -0.463 e. The van der Waals surface area contributed by atoms with Gasteiger partial charge in [0.15, 0.2) is 0 Å². The second kappa shape index (κ2) is 7.12. The van der Waals surface area contributed by atoms with Crippen LogP contribution >= 0.6 is 0 Å². The van der Waals surface area contributed by atoms with Crippen molar-refractivity contribution in [1.82, 2.24) is 4.98 Å². The fraction of sp³-hybridized carbons (Fsp3) is 0.581. The van der Waals surface area contributed by atoms with Crippen molar-refractivity contribution in [2.75, 3.05) is 0 Å². The molecule has 7 atom stereocenters. The average molecular weight is 456 g/mol. The molecule has 1 heterocycles. The molecular weight excluding hydrogens is 418 g/mol. The van der Waals surface area contributed by atoms with Crippen LogP contribution in [0.4, 0.5) is 0 Å². The fourth-order valence-electron chi connectivity index (χ4n) is 9.52. The van der Waals surface area contributed by atoms with E-state index >= 15 is 0 Å². The maximum atomic E-state index is 11.6. The predicted molar refractivity (Wildman–Crippen MR) is 137 cm³/mol. The van der Waals surface area contributed by atoms with Crippen LogP contribution < -0.4 is 0 Å². The van der Waals surface area contributed by atoms with E-state index in [-0.39, 0.29) is 17.5 Å². The second-order valence-electron chi connectivity index (χ2n) is 12.5. The summed E-state index contributed by atoms with van der Waals surface area (Å²) < 4.78 is 5.67. The summed E-state index contributed by atoms with van der Waals surface area (Å²) in [6, 6.07) is 13.5. The molecule has 0 spiro atoms. The molecule has 4 aliphatic carbocycles. The Morgan fingerprint density at radius 1 is 1.00 bits per heavy atom. The molecule has 0 unspecified atom stereocenters. The molecule has 3 saturated carbocycles. The van der Waals surface area contributed by atoms with Crippen molar-refractivity contribution < 1.29 is 9.53 Å². The molecule has 0 bridgehead atoms. The SMILES string of the molecule is CC(=O)O[C@H]1CC[C@@]2(C)[C@@H](CC[C@@H]3[C@@H]2CC[C@]2(C)c4[nH]c5ccc6ccccc6c5c4C[C@@H]32)C1. The van der Waals surface area contributed by atoms with E-state index in [9.17, 15) is 4.79 Å². The van der Waals surface area contributed by atoms with Crippen LogP contribution in [0.5, 0.6) is 0 Å². The smallest absolute Gasteiger partial charge is 0.302 e. The molecule has 178 valence electrons. The number of carbonyl (C=O) groups excluding carboxylic acids is 1. The van der Waals surface area contributed by atoms with Gasteiger partial charge in [-0.25, -0.2) is 0 Å². The number of esters is 1. The number of aromatic nitrogens is 1. The number of aromatic amines is 1. The Bertz CT molecular complexity index is 1310.